The third kappa shape index (κ3) is 5.19. The van der Waals surface area contributed by atoms with Gasteiger partial charge in [-0.25, -0.2) is 18.7 Å². The minimum Gasteiger partial charge on any atom is -0.492 e. The Morgan fingerprint density at radius 2 is 2.04 bits per heavy atom. The summed E-state index contributed by atoms with van der Waals surface area (Å²) in [6.07, 6.45) is -0.655. The molecule has 2 N–H and O–H groups in total. The summed E-state index contributed by atoms with van der Waals surface area (Å²) in [5, 5.41) is 9.34. The Labute approximate surface area is 145 Å². The van der Waals surface area contributed by atoms with E-state index in [1.54, 1.807) is 18.2 Å². The molecule has 0 aliphatic heterocycles. The van der Waals surface area contributed by atoms with Crippen molar-refractivity contribution in [2.24, 2.45) is 11.7 Å². The van der Waals surface area contributed by atoms with E-state index in [0.717, 1.165) is 6.42 Å². The van der Waals surface area contributed by atoms with Gasteiger partial charge in [0.1, 0.15) is 11.8 Å². The van der Waals surface area contributed by atoms with Gasteiger partial charge in [0.25, 0.3) is 6.43 Å². The van der Waals surface area contributed by atoms with Crippen LogP contribution in [0.5, 0.6) is 5.75 Å². The number of nitriles is 1. The van der Waals surface area contributed by atoms with Crippen molar-refractivity contribution in [3.8, 4) is 23.1 Å². The Morgan fingerprint density at radius 1 is 1.28 bits per heavy atom. The van der Waals surface area contributed by atoms with E-state index in [1.807, 2.05) is 13.8 Å². The van der Waals surface area contributed by atoms with Crippen molar-refractivity contribution in [3.63, 3.8) is 0 Å². The topological polar surface area (TPSA) is 84.8 Å². The van der Waals surface area contributed by atoms with Crippen molar-refractivity contribution in [2.45, 2.75) is 32.7 Å². The molecule has 25 heavy (non-hydrogen) atoms. The van der Waals surface area contributed by atoms with Crippen LogP contribution in [-0.2, 0) is 0 Å². The maximum Gasteiger partial charge on any atom is 0.297 e. The smallest absolute Gasteiger partial charge is 0.297 e. The molecule has 0 fully saturated rings. The quantitative estimate of drug-likeness (QED) is 0.826. The summed E-state index contributed by atoms with van der Waals surface area (Å²) in [5.41, 5.74) is 6.97. The zero-order valence-electron chi connectivity index (χ0n) is 14.1. The zero-order valence-corrected chi connectivity index (χ0v) is 14.1. The molecular formula is C18H20F2N4O. The van der Waals surface area contributed by atoms with Crippen molar-refractivity contribution in [1.82, 2.24) is 9.97 Å². The van der Waals surface area contributed by atoms with Gasteiger partial charge in [-0.2, -0.15) is 5.26 Å². The number of rotatable bonds is 7. The second-order valence-electron chi connectivity index (χ2n) is 6.05. The molecule has 0 amide bonds. The molecule has 2 unspecified atom stereocenters. The van der Waals surface area contributed by atoms with E-state index in [0.29, 0.717) is 29.2 Å². The number of alkyl halides is 2. The van der Waals surface area contributed by atoms with Crippen molar-refractivity contribution in [3.05, 3.63) is 41.9 Å². The summed E-state index contributed by atoms with van der Waals surface area (Å²) in [5.74, 6) is 0.161. The van der Waals surface area contributed by atoms with E-state index in [2.05, 4.69) is 16.0 Å². The fraction of sp³-hybridized carbons (Fsp3) is 0.389. The van der Waals surface area contributed by atoms with E-state index in [9.17, 15) is 14.0 Å². The molecule has 0 spiro atoms. The van der Waals surface area contributed by atoms with Gasteiger partial charge in [0.2, 0.25) is 0 Å². The van der Waals surface area contributed by atoms with Gasteiger partial charge < -0.3 is 10.5 Å². The van der Waals surface area contributed by atoms with Crippen molar-refractivity contribution in [1.29, 1.82) is 5.26 Å². The molecule has 0 aliphatic rings. The Bertz CT molecular complexity index is 759. The average molecular weight is 346 g/mol. The molecule has 1 aromatic carbocycles. The first-order valence-electron chi connectivity index (χ1n) is 7.94. The van der Waals surface area contributed by atoms with Gasteiger partial charge in [-0.15, -0.1) is 0 Å². The SMILES string of the molecule is CC(N)CC(C)COc1ccc(-c2ccnc(C(F)F)n2)cc1C#N. The van der Waals surface area contributed by atoms with Crippen LogP contribution >= 0.6 is 0 Å². The van der Waals surface area contributed by atoms with E-state index in [1.165, 1.54) is 12.3 Å². The van der Waals surface area contributed by atoms with E-state index >= 15 is 0 Å². The summed E-state index contributed by atoms with van der Waals surface area (Å²) in [4.78, 5) is 7.37. The number of ether oxygens (including phenoxy) is 1. The fourth-order valence-electron chi connectivity index (χ4n) is 2.48. The number of hydrogen-bond donors (Lipinski definition) is 1. The molecule has 1 aromatic heterocycles. The lowest BCUT2D eigenvalue weighted by Crippen LogP contribution is -2.21. The first-order valence-corrected chi connectivity index (χ1v) is 7.94. The van der Waals surface area contributed by atoms with Crippen LogP contribution in [0.4, 0.5) is 8.78 Å². The third-order valence-corrected chi connectivity index (χ3v) is 3.56. The van der Waals surface area contributed by atoms with Crippen LogP contribution in [0.1, 0.15) is 38.1 Å². The highest BCUT2D eigenvalue weighted by atomic mass is 19.3. The number of nitrogens with zero attached hydrogens (tertiary/aromatic N) is 3. The Hall–Kier alpha value is -2.59. The summed E-state index contributed by atoms with van der Waals surface area (Å²) in [6.45, 7) is 4.40. The number of halogens is 2. The molecular weight excluding hydrogens is 326 g/mol. The molecule has 0 saturated carbocycles. The van der Waals surface area contributed by atoms with Crippen LogP contribution in [0.25, 0.3) is 11.3 Å². The summed E-state index contributed by atoms with van der Waals surface area (Å²) >= 11 is 0. The van der Waals surface area contributed by atoms with Gasteiger partial charge in [-0.3, -0.25) is 0 Å². The Morgan fingerprint density at radius 3 is 2.68 bits per heavy atom. The molecule has 2 aromatic rings. The van der Waals surface area contributed by atoms with Crippen LogP contribution in [0.2, 0.25) is 0 Å². The maximum atomic E-state index is 12.7. The molecule has 0 radical (unpaired) electrons. The standard InChI is InChI=1S/C18H20F2N4O/c1-11(7-12(2)22)10-25-16-4-3-13(8-14(16)9-21)15-5-6-23-18(24-15)17(19)20/h3-6,8,11-12,17H,7,10,22H2,1-2H3. The normalized spacial score (nSPS) is 13.3. The number of benzene rings is 1. The highest BCUT2D eigenvalue weighted by molar-refractivity contribution is 5.64. The van der Waals surface area contributed by atoms with Gasteiger partial charge in [0, 0.05) is 17.8 Å². The number of hydrogen-bond acceptors (Lipinski definition) is 5. The highest BCUT2D eigenvalue weighted by Crippen LogP contribution is 2.27. The lowest BCUT2D eigenvalue weighted by molar-refractivity contribution is 0.140. The van der Waals surface area contributed by atoms with Crippen LogP contribution < -0.4 is 10.5 Å². The van der Waals surface area contributed by atoms with E-state index in [4.69, 9.17) is 10.5 Å². The van der Waals surface area contributed by atoms with Crippen molar-refractivity contribution < 1.29 is 13.5 Å². The van der Waals surface area contributed by atoms with E-state index < -0.39 is 12.2 Å². The van der Waals surface area contributed by atoms with Crippen LogP contribution in [0.3, 0.4) is 0 Å². The monoisotopic (exact) mass is 346 g/mol. The molecule has 0 bridgehead atoms. The number of nitrogens with two attached hydrogens (primary N) is 1. The number of aromatic nitrogens is 2. The van der Waals surface area contributed by atoms with E-state index in [-0.39, 0.29) is 12.0 Å². The van der Waals surface area contributed by atoms with Crippen LogP contribution in [0, 0.1) is 17.2 Å². The van der Waals surface area contributed by atoms with Crippen LogP contribution in [-0.4, -0.2) is 22.6 Å². The second kappa shape index (κ2) is 8.49. The zero-order chi connectivity index (χ0) is 18.4. The van der Waals surface area contributed by atoms with Crippen molar-refractivity contribution in [2.75, 3.05) is 6.61 Å². The van der Waals surface area contributed by atoms with Gasteiger partial charge >= 0.3 is 0 Å². The molecule has 5 nitrogen and oxygen atoms in total. The molecule has 0 saturated heterocycles. The van der Waals surface area contributed by atoms with Crippen LogP contribution in [0.15, 0.2) is 30.5 Å². The molecule has 132 valence electrons. The second-order valence-corrected chi connectivity index (χ2v) is 6.05. The summed E-state index contributed by atoms with van der Waals surface area (Å²) in [6, 6.07) is 8.58. The third-order valence-electron chi connectivity index (χ3n) is 3.56. The summed E-state index contributed by atoms with van der Waals surface area (Å²) in [7, 11) is 0. The predicted octanol–water partition coefficient (Wildman–Crippen LogP) is 3.71. The molecule has 2 rings (SSSR count). The molecule has 2 atom stereocenters. The first kappa shape index (κ1) is 18.7. The average Bonchev–Trinajstić information content (AvgIpc) is 2.59. The van der Waals surface area contributed by atoms with Gasteiger partial charge in [0.05, 0.1) is 17.9 Å². The molecule has 7 heteroatoms. The lowest BCUT2D eigenvalue weighted by Gasteiger charge is -2.16. The molecule has 1 heterocycles. The minimum absolute atomic E-state index is 0.0817. The largest absolute Gasteiger partial charge is 0.492 e. The van der Waals surface area contributed by atoms with Gasteiger partial charge in [-0.05, 0) is 43.5 Å². The van der Waals surface area contributed by atoms with Gasteiger partial charge in [-0.1, -0.05) is 6.92 Å². The Kier molecular flexibility index (Phi) is 6.37. The first-order chi connectivity index (χ1) is 11.9. The molecule has 0 aliphatic carbocycles. The van der Waals surface area contributed by atoms with Crippen molar-refractivity contribution >= 4 is 0 Å². The summed E-state index contributed by atoms with van der Waals surface area (Å²) < 4.78 is 31.2. The Balaban J connectivity index is 2.19. The fourth-order valence-corrected chi connectivity index (χ4v) is 2.48. The lowest BCUT2D eigenvalue weighted by atomic mass is 10.0. The minimum atomic E-state index is -2.75. The maximum absolute atomic E-state index is 12.7. The van der Waals surface area contributed by atoms with Gasteiger partial charge in [0.15, 0.2) is 5.82 Å². The highest BCUT2D eigenvalue weighted by Gasteiger charge is 2.14. The predicted molar refractivity (Wildman–Crippen MR) is 90.1 cm³/mol.